The first kappa shape index (κ1) is 18.8. The molecule has 0 aromatic heterocycles. The molecule has 2 N–H and O–H groups in total. The van der Waals surface area contributed by atoms with Crippen molar-refractivity contribution in [2.24, 2.45) is 21.8 Å². The lowest BCUT2D eigenvalue weighted by atomic mass is 9.70. The summed E-state index contributed by atoms with van der Waals surface area (Å²) in [5, 5.41) is 4.30. The molecule has 2 atom stereocenters. The number of methoxy groups -OCH3 is 1. The van der Waals surface area contributed by atoms with E-state index in [1.807, 2.05) is 13.8 Å². The molecule has 0 aliphatic heterocycles. The number of fused-ring (bicyclic) bond motifs is 2. The van der Waals surface area contributed by atoms with Gasteiger partial charge in [-0.25, -0.2) is 5.43 Å². The van der Waals surface area contributed by atoms with Crippen molar-refractivity contribution < 1.29 is 22.5 Å². The monoisotopic (exact) mass is 380 g/mol. The fourth-order valence-corrected chi connectivity index (χ4v) is 5.92. The average molecular weight is 380 g/mol. The standard InChI is InChI=1S/C18H24N2O5S/c1-17(2)12-8-9-18(17,11-26(22,23)24)15(10-12)19-20-16(21)13-6-4-5-7-14(13)25-3/h4-7,12H,8-11H2,1-3H3,(H,20,21)(H,22,23,24)/b19-15+. The maximum atomic E-state index is 12.5. The smallest absolute Gasteiger partial charge is 0.275 e. The van der Waals surface area contributed by atoms with Crippen molar-refractivity contribution in [1.82, 2.24) is 5.43 Å². The summed E-state index contributed by atoms with van der Waals surface area (Å²) < 4.78 is 38.0. The number of hydrazone groups is 1. The van der Waals surface area contributed by atoms with Crippen molar-refractivity contribution in [1.29, 1.82) is 0 Å². The maximum Gasteiger partial charge on any atom is 0.275 e. The number of nitrogens with zero attached hydrogens (tertiary/aromatic N) is 1. The number of amides is 1. The normalized spacial score (nSPS) is 28.3. The third kappa shape index (κ3) is 3.01. The Labute approximate surface area is 153 Å². The van der Waals surface area contributed by atoms with Crippen LogP contribution in [0.3, 0.4) is 0 Å². The predicted molar refractivity (Wildman–Crippen MR) is 97.9 cm³/mol. The Morgan fingerprint density at radius 2 is 2.08 bits per heavy atom. The maximum absolute atomic E-state index is 12.5. The highest BCUT2D eigenvalue weighted by Crippen LogP contribution is 2.64. The van der Waals surface area contributed by atoms with E-state index in [1.54, 1.807) is 24.3 Å². The lowest BCUT2D eigenvalue weighted by Gasteiger charge is -2.37. The molecular formula is C18H24N2O5S. The van der Waals surface area contributed by atoms with Gasteiger partial charge in [-0.2, -0.15) is 13.5 Å². The quantitative estimate of drug-likeness (QED) is 0.603. The van der Waals surface area contributed by atoms with Gasteiger partial charge in [-0.3, -0.25) is 9.35 Å². The van der Waals surface area contributed by atoms with E-state index < -0.39 is 21.4 Å². The van der Waals surface area contributed by atoms with E-state index in [1.165, 1.54) is 7.11 Å². The molecule has 142 valence electrons. The number of carbonyl (C=O) groups excluding carboxylic acids is 1. The molecule has 2 saturated carbocycles. The van der Waals surface area contributed by atoms with Crippen molar-refractivity contribution in [2.75, 3.05) is 12.9 Å². The van der Waals surface area contributed by atoms with E-state index in [0.717, 1.165) is 6.42 Å². The van der Waals surface area contributed by atoms with Gasteiger partial charge in [0.1, 0.15) is 5.75 Å². The number of nitrogens with one attached hydrogen (secondary N) is 1. The van der Waals surface area contributed by atoms with E-state index >= 15 is 0 Å². The van der Waals surface area contributed by atoms with E-state index in [9.17, 15) is 17.8 Å². The average Bonchev–Trinajstić information content (AvgIpc) is 2.92. The van der Waals surface area contributed by atoms with Crippen LogP contribution < -0.4 is 10.2 Å². The first-order chi connectivity index (χ1) is 12.1. The number of hydrogen-bond acceptors (Lipinski definition) is 5. The highest BCUT2D eigenvalue weighted by atomic mass is 32.2. The summed E-state index contributed by atoms with van der Waals surface area (Å²) in [6.07, 6.45) is 2.14. The number of hydrogen-bond donors (Lipinski definition) is 2. The topological polar surface area (TPSA) is 105 Å². The van der Waals surface area contributed by atoms with Crippen LogP contribution in [0, 0.1) is 16.7 Å². The summed E-state index contributed by atoms with van der Waals surface area (Å²) in [7, 11) is -2.69. The SMILES string of the molecule is COc1ccccc1C(=O)N/N=C1\CC2CCC1(CS(=O)(=O)O)C2(C)C. The minimum atomic E-state index is -4.17. The van der Waals surface area contributed by atoms with Crippen LogP contribution in [0.2, 0.25) is 0 Å². The van der Waals surface area contributed by atoms with Gasteiger partial charge in [0.05, 0.1) is 18.4 Å². The second-order valence-corrected chi connectivity index (χ2v) is 9.12. The largest absolute Gasteiger partial charge is 0.496 e. The first-order valence-corrected chi connectivity index (χ1v) is 10.2. The lowest BCUT2D eigenvalue weighted by molar-refractivity contribution is 0.0951. The van der Waals surface area contributed by atoms with Crippen LogP contribution in [-0.2, 0) is 10.1 Å². The minimum Gasteiger partial charge on any atom is -0.496 e. The van der Waals surface area contributed by atoms with E-state index in [-0.39, 0.29) is 17.1 Å². The van der Waals surface area contributed by atoms with Gasteiger partial charge in [-0.15, -0.1) is 0 Å². The molecule has 0 radical (unpaired) electrons. The van der Waals surface area contributed by atoms with Gasteiger partial charge in [0, 0.05) is 11.1 Å². The van der Waals surface area contributed by atoms with E-state index in [0.29, 0.717) is 29.9 Å². The van der Waals surface area contributed by atoms with Gasteiger partial charge >= 0.3 is 0 Å². The summed E-state index contributed by atoms with van der Waals surface area (Å²) in [4.78, 5) is 12.5. The Bertz CT molecular complexity index is 862. The Hall–Kier alpha value is -1.93. The molecule has 1 amide bonds. The number of ether oxygens (including phenoxy) is 1. The number of para-hydroxylation sites is 1. The van der Waals surface area contributed by atoms with Crippen molar-refractivity contribution in [3.8, 4) is 5.75 Å². The minimum absolute atomic E-state index is 0.283. The van der Waals surface area contributed by atoms with Gasteiger partial charge in [0.15, 0.2) is 0 Å². The Morgan fingerprint density at radius 3 is 2.69 bits per heavy atom. The zero-order chi connectivity index (χ0) is 19.2. The van der Waals surface area contributed by atoms with Crippen LogP contribution in [0.5, 0.6) is 5.75 Å². The summed E-state index contributed by atoms with van der Waals surface area (Å²) in [5.41, 5.74) is 2.47. The third-order valence-corrected chi connectivity index (χ3v) is 7.10. The van der Waals surface area contributed by atoms with Crippen LogP contribution in [0.15, 0.2) is 29.4 Å². The zero-order valence-electron chi connectivity index (χ0n) is 15.2. The van der Waals surface area contributed by atoms with Crippen molar-refractivity contribution in [3.63, 3.8) is 0 Å². The molecule has 7 nitrogen and oxygen atoms in total. The molecule has 2 aliphatic rings. The first-order valence-electron chi connectivity index (χ1n) is 8.56. The molecule has 3 rings (SSSR count). The van der Waals surface area contributed by atoms with Crippen LogP contribution >= 0.6 is 0 Å². The van der Waals surface area contributed by atoms with Crippen LogP contribution in [-0.4, -0.2) is 37.5 Å². The molecule has 0 heterocycles. The van der Waals surface area contributed by atoms with Crippen molar-refractivity contribution in [3.05, 3.63) is 29.8 Å². The van der Waals surface area contributed by atoms with Crippen LogP contribution in [0.1, 0.15) is 43.5 Å². The van der Waals surface area contributed by atoms with Gasteiger partial charge in [-0.1, -0.05) is 26.0 Å². The Balaban J connectivity index is 1.90. The molecule has 1 aromatic rings. The summed E-state index contributed by atoms with van der Waals surface area (Å²) in [5.74, 6) is -0.0674. The Morgan fingerprint density at radius 1 is 1.38 bits per heavy atom. The van der Waals surface area contributed by atoms with Gasteiger partial charge in [0.2, 0.25) is 0 Å². The highest BCUT2D eigenvalue weighted by Gasteiger charge is 2.64. The lowest BCUT2D eigenvalue weighted by Crippen LogP contribution is -2.43. The zero-order valence-corrected chi connectivity index (χ0v) is 16.0. The second kappa shape index (κ2) is 6.35. The molecule has 0 saturated heterocycles. The summed E-state index contributed by atoms with van der Waals surface area (Å²) >= 11 is 0. The molecule has 2 fully saturated rings. The van der Waals surface area contributed by atoms with Crippen molar-refractivity contribution in [2.45, 2.75) is 33.1 Å². The van der Waals surface area contributed by atoms with Crippen LogP contribution in [0.4, 0.5) is 0 Å². The molecular weight excluding hydrogens is 356 g/mol. The second-order valence-electron chi connectivity index (χ2n) is 7.67. The summed E-state index contributed by atoms with van der Waals surface area (Å²) in [6.45, 7) is 4.03. The molecule has 2 unspecified atom stereocenters. The fourth-order valence-electron chi connectivity index (χ4n) is 4.61. The molecule has 2 bridgehead atoms. The Kier molecular flexibility index (Phi) is 4.60. The summed E-state index contributed by atoms with van der Waals surface area (Å²) in [6, 6.07) is 6.81. The van der Waals surface area contributed by atoms with E-state index in [2.05, 4.69) is 10.5 Å². The van der Waals surface area contributed by atoms with Gasteiger partial charge in [-0.05, 0) is 42.7 Å². The van der Waals surface area contributed by atoms with E-state index in [4.69, 9.17) is 4.74 Å². The molecule has 2 aliphatic carbocycles. The number of benzene rings is 1. The van der Waals surface area contributed by atoms with Crippen molar-refractivity contribution >= 4 is 21.7 Å². The highest BCUT2D eigenvalue weighted by molar-refractivity contribution is 7.85. The van der Waals surface area contributed by atoms with Crippen LogP contribution in [0.25, 0.3) is 0 Å². The fraction of sp³-hybridized carbons (Fsp3) is 0.556. The van der Waals surface area contributed by atoms with Gasteiger partial charge < -0.3 is 4.74 Å². The molecule has 1 aromatic carbocycles. The number of carbonyl (C=O) groups is 1. The molecule has 26 heavy (non-hydrogen) atoms. The number of rotatable bonds is 5. The van der Waals surface area contributed by atoms with Gasteiger partial charge in [0.25, 0.3) is 16.0 Å². The predicted octanol–water partition coefficient (Wildman–Crippen LogP) is 2.50. The third-order valence-electron chi connectivity index (χ3n) is 6.24. The molecule has 8 heteroatoms. The molecule has 0 spiro atoms.